The Morgan fingerprint density at radius 1 is 1.11 bits per heavy atom. The Morgan fingerprint density at radius 3 is 2.53 bits per heavy atom. The van der Waals surface area contributed by atoms with Crippen molar-refractivity contribution < 1.29 is 4.74 Å². The smallest absolute Gasteiger partial charge is 0.0697 e. The number of hydrogen-bond acceptors (Lipinski definition) is 3. The lowest BCUT2D eigenvalue weighted by atomic mass is 9.74. The number of nitrogens with one attached hydrogen (secondary N) is 1. The first kappa shape index (κ1) is 14.2. The third-order valence-corrected chi connectivity index (χ3v) is 7.09. The van der Waals surface area contributed by atoms with Crippen LogP contribution in [0.3, 0.4) is 0 Å². The van der Waals surface area contributed by atoms with Crippen LogP contribution in [0, 0.1) is 0 Å². The molecule has 0 amide bonds. The van der Waals surface area contributed by atoms with Gasteiger partial charge in [0.15, 0.2) is 0 Å². The molecule has 3 aliphatic rings. The second kappa shape index (κ2) is 5.95. The molecule has 3 heteroatoms. The standard InChI is InChI=1S/C16H29NOS/c1-19-16(9-3-2-4-10-16)13-17-14-6-11-18-15(12-14)7-5-8-15/h14,17H,2-13H2,1H3. The fourth-order valence-electron chi connectivity index (χ4n) is 4.10. The van der Waals surface area contributed by atoms with Gasteiger partial charge in [-0.3, -0.25) is 0 Å². The molecule has 0 aromatic heterocycles. The van der Waals surface area contributed by atoms with E-state index in [2.05, 4.69) is 23.3 Å². The summed E-state index contributed by atoms with van der Waals surface area (Å²) >= 11 is 2.11. The maximum absolute atomic E-state index is 6.03. The van der Waals surface area contributed by atoms with Gasteiger partial charge in [0.05, 0.1) is 5.60 Å². The summed E-state index contributed by atoms with van der Waals surface area (Å²) in [6, 6.07) is 0.708. The van der Waals surface area contributed by atoms with Gasteiger partial charge in [-0.15, -0.1) is 0 Å². The van der Waals surface area contributed by atoms with Gasteiger partial charge in [0.2, 0.25) is 0 Å². The Bertz CT molecular complexity index is 297. The molecule has 0 aromatic carbocycles. The van der Waals surface area contributed by atoms with Crippen molar-refractivity contribution in [3.05, 3.63) is 0 Å². The number of hydrogen-bond donors (Lipinski definition) is 1. The topological polar surface area (TPSA) is 21.3 Å². The van der Waals surface area contributed by atoms with E-state index in [4.69, 9.17) is 4.74 Å². The van der Waals surface area contributed by atoms with Crippen LogP contribution < -0.4 is 5.32 Å². The monoisotopic (exact) mass is 283 g/mol. The average molecular weight is 283 g/mol. The van der Waals surface area contributed by atoms with E-state index in [1.165, 1.54) is 70.8 Å². The zero-order chi connectivity index (χ0) is 13.2. The van der Waals surface area contributed by atoms with E-state index in [1.54, 1.807) is 0 Å². The van der Waals surface area contributed by atoms with Gasteiger partial charge >= 0.3 is 0 Å². The second-order valence-electron chi connectivity index (χ2n) is 6.90. The van der Waals surface area contributed by atoms with Gasteiger partial charge in [-0.2, -0.15) is 11.8 Å². The van der Waals surface area contributed by atoms with Gasteiger partial charge < -0.3 is 10.1 Å². The lowest BCUT2D eigenvalue weighted by Gasteiger charge is -2.48. The first-order chi connectivity index (χ1) is 9.26. The molecule has 1 aliphatic heterocycles. The van der Waals surface area contributed by atoms with Crippen molar-refractivity contribution in [1.29, 1.82) is 0 Å². The van der Waals surface area contributed by atoms with Crippen LogP contribution in [0.5, 0.6) is 0 Å². The van der Waals surface area contributed by atoms with Crippen LogP contribution in [-0.2, 0) is 4.74 Å². The van der Waals surface area contributed by atoms with E-state index in [-0.39, 0.29) is 5.60 Å². The van der Waals surface area contributed by atoms with E-state index in [0.29, 0.717) is 10.8 Å². The van der Waals surface area contributed by atoms with E-state index in [1.807, 2.05) is 0 Å². The van der Waals surface area contributed by atoms with Gasteiger partial charge in [0, 0.05) is 23.9 Å². The fraction of sp³-hybridized carbons (Fsp3) is 1.00. The highest BCUT2D eigenvalue weighted by Crippen LogP contribution is 2.43. The van der Waals surface area contributed by atoms with Crippen LogP contribution in [0.4, 0.5) is 0 Å². The summed E-state index contributed by atoms with van der Waals surface area (Å²) in [5.41, 5.74) is 0.287. The quantitative estimate of drug-likeness (QED) is 0.849. The maximum Gasteiger partial charge on any atom is 0.0697 e. The summed E-state index contributed by atoms with van der Waals surface area (Å²) in [7, 11) is 0. The van der Waals surface area contributed by atoms with Crippen molar-refractivity contribution in [2.24, 2.45) is 0 Å². The van der Waals surface area contributed by atoms with Crippen molar-refractivity contribution in [1.82, 2.24) is 5.32 Å². The zero-order valence-electron chi connectivity index (χ0n) is 12.4. The minimum Gasteiger partial charge on any atom is -0.375 e. The molecule has 0 aromatic rings. The summed E-state index contributed by atoms with van der Waals surface area (Å²) in [5.74, 6) is 0. The molecule has 3 fully saturated rings. The molecular weight excluding hydrogens is 254 g/mol. The predicted octanol–water partition coefficient (Wildman–Crippen LogP) is 3.74. The Kier molecular flexibility index (Phi) is 4.45. The van der Waals surface area contributed by atoms with Crippen LogP contribution in [0.15, 0.2) is 0 Å². The highest BCUT2D eigenvalue weighted by molar-refractivity contribution is 8.00. The zero-order valence-corrected chi connectivity index (χ0v) is 13.2. The van der Waals surface area contributed by atoms with Crippen LogP contribution in [0.25, 0.3) is 0 Å². The SMILES string of the molecule is CSC1(CNC2CCOC3(CCC3)C2)CCCCC1. The first-order valence-electron chi connectivity index (χ1n) is 8.19. The lowest BCUT2D eigenvalue weighted by molar-refractivity contribution is -0.135. The average Bonchev–Trinajstić information content (AvgIpc) is 2.45. The molecular formula is C16H29NOS. The third-order valence-electron chi connectivity index (χ3n) is 5.67. The van der Waals surface area contributed by atoms with E-state index < -0.39 is 0 Å². The number of rotatable bonds is 4. The van der Waals surface area contributed by atoms with Crippen LogP contribution >= 0.6 is 11.8 Å². The number of ether oxygens (including phenoxy) is 1. The first-order valence-corrected chi connectivity index (χ1v) is 9.41. The second-order valence-corrected chi connectivity index (χ2v) is 8.18. The molecule has 19 heavy (non-hydrogen) atoms. The highest BCUT2D eigenvalue weighted by Gasteiger charge is 2.43. The van der Waals surface area contributed by atoms with Crippen LogP contribution in [0.1, 0.15) is 64.2 Å². The molecule has 2 aliphatic carbocycles. The summed E-state index contributed by atoms with van der Waals surface area (Å²) in [6.45, 7) is 2.19. The maximum atomic E-state index is 6.03. The Morgan fingerprint density at radius 2 is 1.89 bits per heavy atom. The van der Waals surface area contributed by atoms with Crippen molar-refractivity contribution >= 4 is 11.8 Å². The van der Waals surface area contributed by atoms with Crippen molar-refractivity contribution in [3.63, 3.8) is 0 Å². The highest BCUT2D eigenvalue weighted by atomic mass is 32.2. The van der Waals surface area contributed by atoms with Gasteiger partial charge in [0.1, 0.15) is 0 Å². The summed E-state index contributed by atoms with van der Waals surface area (Å²) < 4.78 is 6.56. The fourth-order valence-corrected chi connectivity index (χ4v) is 5.03. The molecule has 3 rings (SSSR count). The van der Waals surface area contributed by atoms with Crippen molar-refractivity contribution in [2.75, 3.05) is 19.4 Å². The largest absolute Gasteiger partial charge is 0.375 e. The molecule has 1 atom stereocenters. The van der Waals surface area contributed by atoms with E-state index in [9.17, 15) is 0 Å². The van der Waals surface area contributed by atoms with Gasteiger partial charge in [0.25, 0.3) is 0 Å². The molecule has 2 nitrogen and oxygen atoms in total. The van der Waals surface area contributed by atoms with E-state index in [0.717, 1.165) is 6.61 Å². The molecule has 1 saturated heterocycles. The summed E-state index contributed by atoms with van der Waals surface area (Å²) in [4.78, 5) is 0. The minimum atomic E-state index is 0.287. The molecule has 1 heterocycles. The van der Waals surface area contributed by atoms with E-state index >= 15 is 0 Å². The van der Waals surface area contributed by atoms with Crippen molar-refractivity contribution in [3.8, 4) is 0 Å². The Hall–Kier alpha value is 0.270. The molecule has 1 unspecified atom stereocenters. The summed E-state index contributed by atoms with van der Waals surface area (Å²) in [6.07, 6.45) is 15.9. The van der Waals surface area contributed by atoms with Crippen LogP contribution in [0.2, 0.25) is 0 Å². The van der Waals surface area contributed by atoms with Crippen molar-refractivity contribution in [2.45, 2.75) is 80.6 Å². The lowest BCUT2D eigenvalue weighted by Crippen LogP contribution is -2.53. The predicted molar refractivity (Wildman–Crippen MR) is 82.9 cm³/mol. The molecule has 0 radical (unpaired) electrons. The van der Waals surface area contributed by atoms with Crippen LogP contribution in [-0.4, -0.2) is 35.8 Å². The minimum absolute atomic E-state index is 0.287. The molecule has 1 spiro atoms. The molecule has 0 bridgehead atoms. The molecule has 1 N–H and O–H groups in total. The van der Waals surface area contributed by atoms with Gasteiger partial charge in [-0.1, -0.05) is 19.3 Å². The number of thioether (sulfide) groups is 1. The summed E-state index contributed by atoms with van der Waals surface area (Å²) in [5, 5.41) is 3.91. The molecule has 110 valence electrons. The third kappa shape index (κ3) is 3.14. The Labute approximate surface area is 122 Å². The Balaban J connectivity index is 1.50. The molecule has 2 saturated carbocycles. The van der Waals surface area contributed by atoms with Gasteiger partial charge in [-0.25, -0.2) is 0 Å². The normalized spacial score (nSPS) is 33.0. The van der Waals surface area contributed by atoms with Gasteiger partial charge in [-0.05, 0) is 51.2 Å².